The van der Waals surface area contributed by atoms with Crippen molar-refractivity contribution >= 4 is 11.6 Å². The SMILES string of the molecule is NCCOc1cccc(NC(=O)CC2C=CCC2)c1. The summed E-state index contributed by atoms with van der Waals surface area (Å²) in [4.78, 5) is 11.9. The van der Waals surface area contributed by atoms with Crippen LogP contribution in [0.2, 0.25) is 0 Å². The van der Waals surface area contributed by atoms with Crippen molar-refractivity contribution < 1.29 is 9.53 Å². The second-order valence-corrected chi connectivity index (χ2v) is 4.68. The van der Waals surface area contributed by atoms with Crippen molar-refractivity contribution in [2.45, 2.75) is 19.3 Å². The minimum absolute atomic E-state index is 0.0486. The Morgan fingerprint density at radius 3 is 3.11 bits per heavy atom. The molecule has 0 saturated heterocycles. The van der Waals surface area contributed by atoms with Gasteiger partial charge in [-0.15, -0.1) is 0 Å². The van der Waals surface area contributed by atoms with Crippen LogP contribution in [0.25, 0.3) is 0 Å². The lowest BCUT2D eigenvalue weighted by Gasteiger charge is -2.10. The summed E-state index contributed by atoms with van der Waals surface area (Å²) in [7, 11) is 0. The molecule has 1 aromatic rings. The molecule has 19 heavy (non-hydrogen) atoms. The maximum absolute atomic E-state index is 11.9. The number of carbonyl (C=O) groups excluding carboxylic acids is 1. The van der Waals surface area contributed by atoms with E-state index in [1.807, 2.05) is 24.3 Å². The first-order chi connectivity index (χ1) is 9.28. The van der Waals surface area contributed by atoms with Gasteiger partial charge in [-0.1, -0.05) is 18.2 Å². The lowest BCUT2D eigenvalue weighted by atomic mass is 10.1. The van der Waals surface area contributed by atoms with E-state index in [1.165, 1.54) is 0 Å². The van der Waals surface area contributed by atoms with Gasteiger partial charge >= 0.3 is 0 Å². The van der Waals surface area contributed by atoms with E-state index in [2.05, 4.69) is 17.5 Å². The first kappa shape index (κ1) is 13.6. The molecule has 0 aliphatic heterocycles. The summed E-state index contributed by atoms with van der Waals surface area (Å²) in [6.07, 6.45) is 6.97. The molecule has 1 unspecified atom stereocenters. The average Bonchev–Trinajstić information content (AvgIpc) is 2.89. The molecule has 1 amide bonds. The zero-order valence-electron chi connectivity index (χ0n) is 11.0. The van der Waals surface area contributed by atoms with Gasteiger partial charge in [-0.05, 0) is 30.9 Å². The van der Waals surface area contributed by atoms with Crippen molar-refractivity contribution in [3.63, 3.8) is 0 Å². The lowest BCUT2D eigenvalue weighted by molar-refractivity contribution is -0.116. The summed E-state index contributed by atoms with van der Waals surface area (Å²) >= 11 is 0. The van der Waals surface area contributed by atoms with Crippen molar-refractivity contribution in [2.24, 2.45) is 11.7 Å². The van der Waals surface area contributed by atoms with Gasteiger partial charge in [0.15, 0.2) is 0 Å². The lowest BCUT2D eigenvalue weighted by Crippen LogP contribution is -2.15. The predicted octanol–water partition coefficient (Wildman–Crippen LogP) is 2.32. The Bertz CT molecular complexity index is 457. The molecule has 1 atom stereocenters. The van der Waals surface area contributed by atoms with Gasteiger partial charge in [0.2, 0.25) is 5.91 Å². The highest BCUT2D eigenvalue weighted by atomic mass is 16.5. The van der Waals surface area contributed by atoms with Gasteiger partial charge in [0, 0.05) is 24.7 Å². The van der Waals surface area contributed by atoms with Crippen LogP contribution >= 0.6 is 0 Å². The highest BCUT2D eigenvalue weighted by Gasteiger charge is 2.14. The molecule has 3 N–H and O–H groups in total. The van der Waals surface area contributed by atoms with Crippen LogP contribution in [0, 0.1) is 5.92 Å². The Labute approximate surface area is 113 Å². The van der Waals surface area contributed by atoms with E-state index in [-0.39, 0.29) is 5.91 Å². The Hall–Kier alpha value is -1.81. The van der Waals surface area contributed by atoms with Gasteiger partial charge in [0.05, 0.1) is 0 Å². The zero-order chi connectivity index (χ0) is 13.5. The topological polar surface area (TPSA) is 64.3 Å². The van der Waals surface area contributed by atoms with Gasteiger partial charge in [0.1, 0.15) is 12.4 Å². The summed E-state index contributed by atoms with van der Waals surface area (Å²) in [6.45, 7) is 0.953. The number of rotatable bonds is 6. The molecular weight excluding hydrogens is 240 g/mol. The number of nitrogens with two attached hydrogens (primary N) is 1. The molecule has 1 aromatic carbocycles. The molecule has 1 aliphatic carbocycles. The Morgan fingerprint density at radius 2 is 2.37 bits per heavy atom. The fourth-order valence-corrected chi connectivity index (χ4v) is 2.16. The van der Waals surface area contributed by atoms with Gasteiger partial charge < -0.3 is 15.8 Å². The number of hydrogen-bond acceptors (Lipinski definition) is 3. The van der Waals surface area contributed by atoms with Gasteiger partial charge in [-0.3, -0.25) is 4.79 Å². The third-order valence-electron chi connectivity index (χ3n) is 3.06. The molecule has 0 saturated carbocycles. The van der Waals surface area contributed by atoms with Crippen LogP contribution in [-0.4, -0.2) is 19.1 Å². The number of hydrogen-bond donors (Lipinski definition) is 2. The minimum Gasteiger partial charge on any atom is -0.492 e. The van der Waals surface area contributed by atoms with Crippen molar-refractivity contribution in [2.75, 3.05) is 18.5 Å². The molecule has 0 radical (unpaired) electrons. The molecule has 4 heteroatoms. The van der Waals surface area contributed by atoms with E-state index in [9.17, 15) is 4.79 Å². The molecule has 102 valence electrons. The number of allylic oxidation sites excluding steroid dienone is 2. The average molecular weight is 260 g/mol. The van der Waals surface area contributed by atoms with Crippen molar-refractivity contribution in [1.29, 1.82) is 0 Å². The molecular formula is C15H20N2O2. The number of ether oxygens (including phenoxy) is 1. The normalized spacial score (nSPS) is 17.4. The minimum atomic E-state index is 0.0486. The first-order valence-corrected chi connectivity index (χ1v) is 6.67. The molecule has 0 fully saturated rings. The largest absolute Gasteiger partial charge is 0.492 e. The molecule has 0 heterocycles. The van der Waals surface area contributed by atoms with Crippen LogP contribution in [-0.2, 0) is 4.79 Å². The van der Waals surface area contributed by atoms with Crippen LogP contribution in [0.15, 0.2) is 36.4 Å². The molecule has 2 rings (SSSR count). The number of nitrogens with one attached hydrogen (secondary N) is 1. The van der Waals surface area contributed by atoms with E-state index < -0.39 is 0 Å². The Balaban J connectivity index is 1.87. The number of anilines is 1. The summed E-state index contributed by atoms with van der Waals surface area (Å²) in [6, 6.07) is 7.39. The molecule has 1 aliphatic rings. The second-order valence-electron chi connectivity index (χ2n) is 4.68. The van der Waals surface area contributed by atoms with Crippen molar-refractivity contribution in [3.8, 4) is 5.75 Å². The molecule has 4 nitrogen and oxygen atoms in total. The van der Waals surface area contributed by atoms with Crippen LogP contribution in [0.4, 0.5) is 5.69 Å². The summed E-state index contributed by atoms with van der Waals surface area (Å²) in [5, 5.41) is 2.90. The van der Waals surface area contributed by atoms with E-state index >= 15 is 0 Å². The summed E-state index contributed by atoms with van der Waals surface area (Å²) < 4.78 is 5.42. The Kier molecular flexibility index (Phi) is 4.98. The number of carbonyl (C=O) groups is 1. The maximum Gasteiger partial charge on any atom is 0.224 e. The number of amides is 1. The fraction of sp³-hybridized carbons (Fsp3) is 0.400. The molecule has 0 aromatic heterocycles. The van der Waals surface area contributed by atoms with Crippen molar-refractivity contribution in [3.05, 3.63) is 36.4 Å². The van der Waals surface area contributed by atoms with Gasteiger partial charge in [-0.2, -0.15) is 0 Å². The van der Waals surface area contributed by atoms with Crippen molar-refractivity contribution in [1.82, 2.24) is 0 Å². The predicted molar refractivity (Wildman–Crippen MR) is 76.1 cm³/mol. The monoisotopic (exact) mass is 260 g/mol. The number of benzene rings is 1. The van der Waals surface area contributed by atoms with E-state index in [4.69, 9.17) is 10.5 Å². The quantitative estimate of drug-likeness (QED) is 0.771. The van der Waals surface area contributed by atoms with E-state index in [1.54, 1.807) is 0 Å². The van der Waals surface area contributed by atoms with Gasteiger partial charge in [-0.25, -0.2) is 0 Å². The van der Waals surface area contributed by atoms with Crippen LogP contribution < -0.4 is 15.8 Å². The zero-order valence-corrected chi connectivity index (χ0v) is 11.0. The fourth-order valence-electron chi connectivity index (χ4n) is 2.16. The van der Waals surface area contributed by atoms with Crippen LogP contribution in [0.3, 0.4) is 0 Å². The van der Waals surface area contributed by atoms with E-state index in [0.717, 1.165) is 24.3 Å². The van der Waals surface area contributed by atoms with Crippen LogP contribution in [0.1, 0.15) is 19.3 Å². The maximum atomic E-state index is 11.9. The highest BCUT2D eigenvalue weighted by Crippen LogP contribution is 2.22. The van der Waals surface area contributed by atoms with E-state index in [0.29, 0.717) is 25.5 Å². The second kappa shape index (κ2) is 6.95. The highest BCUT2D eigenvalue weighted by molar-refractivity contribution is 5.91. The van der Waals surface area contributed by atoms with Crippen LogP contribution in [0.5, 0.6) is 5.75 Å². The smallest absolute Gasteiger partial charge is 0.224 e. The molecule has 0 spiro atoms. The standard InChI is InChI=1S/C15H20N2O2/c16-8-9-19-14-7-3-6-13(11-14)17-15(18)10-12-4-1-2-5-12/h1,3-4,6-7,11-12H,2,5,8-10,16H2,(H,17,18). The third kappa shape index (κ3) is 4.41. The third-order valence-corrected chi connectivity index (χ3v) is 3.06. The molecule has 0 bridgehead atoms. The van der Waals surface area contributed by atoms with Gasteiger partial charge in [0.25, 0.3) is 0 Å². The summed E-state index contributed by atoms with van der Waals surface area (Å²) in [5.74, 6) is 1.16. The summed E-state index contributed by atoms with van der Waals surface area (Å²) in [5.41, 5.74) is 6.15. The Morgan fingerprint density at radius 1 is 1.47 bits per heavy atom. The first-order valence-electron chi connectivity index (χ1n) is 6.67.